The molecular weight excluding hydrogens is 429 g/mol. The quantitative estimate of drug-likeness (QED) is 0.319. The van der Waals surface area contributed by atoms with Crippen LogP contribution in [0.2, 0.25) is 5.02 Å². The van der Waals surface area contributed by atoms with E-state index in [1.54, 1.807) is 4.72 Å². The SMILES string of the molecule is CCCC(=NOCCc1ccccc1)c1cc(Cl)ccc1NS(=O)(=O)C(F)(F)F. The lowest BCUT2D eigenvalue weighted by Gasteiger charge is -2.15. The van der Waals surface area contributed by atoms with Crippen molar-refractivity contribution in [2.24, 2.45) is 5.16 Å². The van der Waals surface area contributed by atoms with E-state index in [1.807, 2.05) is 37.3 Å². The van der Waals surface area contributed by atoms with Crippen LogP contribution in [0.5, 0.6) is 0 Å². The molecule has 5 nitrogen and oxygen atoms in total. The molecule has 2 aromatic carbocycles. The third-order valence-electron chi connectivity index (χ3n) is 3.83. The highest BCUT2D eigenvalue weighted by Gasteiger charge is 2.46. The summed E-state index contributed by atoms with van der Waals surface area (Å²) in [6.45, 7) is 2.10. The molecule has 0 aliphatic heterocycles. The lowest BCUT2D eigenvalue weighted by atomic mass is 10.0. The minimum atomic E-state index is -5.58. The van der Waals surface area contributed by atoms with Gasteiger partial charge in [0, 0.05) is 17.0 Å². The fraction of sp³-hybridized carbons (Fsp3) is 0.316. The second-order valence-electron chi connectivity index (χ2n) is 6.10. The maximum Gasteiger partial charge on any atom is 0.516 e. The molecule has 0 saturated carbocycles. The average molecular weight is 449 g/mol. The number of sulfonamides is 1. The van der Waals surface area contributed by atoms with E-state index in [0.29, 0.717) is 25.0 Å². The van der Waals surface area contributed by atoms with Crippen molar-refractivity contribution in [3.05, 3.63) is 64.7 Å². The van der Waals surface area contributed by atoms with Crippen molar-refractivity contribution in [3.8, 4) is 0 Å². The van der Waals surface area contributed by atoms with Crippen LogP contribution in [0.3, 0.4) is 0 Å². The highest BCUT2D eigenvalue weighted by Crippen LogP contribution is 2.29. The summed E-state index contributed by atoms with van der Waals surface area (Å²) in [6.07, 6.45) is 1.55. The van der Waals surface area contributed by atoms with Crippen molar-refractivity contribution in [1.82, 2.24) is 0 Å². The number of benzene rings is 2. The number of hydrogen-bond donors (Lipinski definition) is 1. The van der Waals surface area contributed by atoms with Crippen LogP contribution in [0.1, 0.15) is 30.9 Å². The highest BCUT2D eigenvalue weighted by atomic mass is 35.5. The van der Waals surface area contributed by atoms with E-state index in [1.165, 1.54) is 12.1 Å². The predicted octanol–water partition coefficient (Wildman–Crippen LogP) is 5.37. The number of nitrogens with one attached hydrogen (secondary N) is 1. The van der Waals surface area contributed by atoms with Gasteiger partial charge in [0.25, 0.3) is 0 Å². The van der Waals surface area contributed by atoms with Crippen LogP contribution in [0.4, 0.5) is 18.9 Å². The second-order valence-corrected chi connectivity index (χ2v) is 8.21. The highest BCUT2D eigenvalue weighted by molar-refractivity contribution is 7.93. The Hall–Kier alpha value is -2.26. The van der Waals surface area contributed by atoms with Gasteiger partial charge in [0.1, 0.15) is 6.61 Å². The lowest BCUT2D eigenvalue weighted by Crippen LogP contribution is -2.30. The fourth-order valence-electron chi connectivity index (χ4n) is 2.44. The molecule has 0 saturated heterocycles. The summed E-state index contributed by atoms with van der Waals surface area (Å²) in [5.41, 5.74) is -4.25. The molecule has 29 heavy (non-hydrogen) atoms. The van der Waals surface area contributed by atoms with Crippen LogP contribution >= 0.6 is 11.6 Å². The maximum absolute atomic E-state index is 12.8. The first kappa shape index (κ1) is 23.0. The number of alkyl halides is 3. The molecule has 0 spiro atoms. The van der Waals surface area contributed by atoms with Crippen molar-refractivity contribution >= 4 is 33.0 Å². The fourth-order valence-corrected chi connectivity index (χ4v) is 3.20. The molecular formula is C19H20ClF3N2O3S. The van der Waals surface area contributed by atoms with Crippen molar-refractivity contribution in [2.45, 2.75) is 31.7 Å². The maximum atomic E-state index is 12.8. The second kappa shape index (κ2) is 9.98. The van der Waals surface area contributed by atoms with Gasteiger partial charge in [-0.3, -0.25) is 4.72 Å². The Kier molecular flexibility index (Phi) is 7.92. The molecule has 10 heteroatoms. The minimum absolute atomic E-state index is 0.131. The van der Waals surface area contributed by atoms with Gasteiger partial charge in [-0.2, -0.15) is 21.6 Å². The van der Waals surface area contributed by atoms with E-state index in [0.717, 1.165) is 11.6 Å². The van der Waals surface area contributed by atoms with E-state index in [2.05, 4.69) is 5.16 Å². The topological polar surface area (TPSA) is 67.8 Å². The van der Waals surface area contributed by atoms with Gasteiger partial charge in [0.15, 0.2) is 0 Å². The number of oxime groups is 1. The third-order valence-corrected chi connectivity index (χ3v) is 5.16. The lowest BCUT2D eigenvalue weighted by molar-refractivity contribution is -0.0429. The first-order chi connectivity index (χ1) is 13.6. The molecule has 2 aromatic rings. The molecule has 158 valence electrons. The summed E-state index contributed by atoms with van der Waals surface area (Å²) in [5, 5.41) is 4.26. The van der Waals surface area contributed by atoms with E-state index in [-0.39, 0.29) is 22.9 Å². The normalized spacial score (nSPS) is 12.7. The minimum Gasteiger partial charge on any atom is -0.395 e. The average Bonchev–Trinajstić information content (AvgIpc) is 2.65. The zero-order valence-electron chi connectivity index (χ0n) is 15.5. The monoisotopic (exact) mass is 448 g/mol. The zero-order valence-corrected chi connectivity index (χ0v) is 17.1. The smallest absolute Gasteiger partial charge is 0.395 e. The van der Waals surface area contributed by atoms with Crippen LogP contribution in [0.25, 0.3) is 0 Å². The van der Waals surface area contributed by atoms with Gasteiger partial charge in [-0.25, -0.2) is 0 Å². The largest absolute Gasteiger partial charge is 0.516 e. The Balaban J connectivity index is 2.25. The molecule has 0 aliphatic carbocycles. The van der Waals surface area contributed by atoms with Gasteiger partial charge < -0.3 is 4.84 Å². The summed E-state index contributed by atoms with van der Waals surface area (Å²) in [4.78, 5) is 5.34. The molecule has 2 rings (SSSR count). The summed E-state index contributed by atoms with van der Waals surface area (Å²) < 4.78 is 62.9. The van der Waals surface area contributed by atoms with E-state index >= 15 is 0 Å². The van der Waals surface area contributed by atoms with Gasteiger partial charge in [0.2, 0.25) is 0 Å². The van der Waals surface area contributed by atoms with Crippen molar-refractivity contribution in [1.29, 1.82) is 0 Å². The number of hydrogen-bond acceptors (Lipinski definition) is 4. The Morgan fingerprint density at radius 3 is 2.48 bits per heavy atom. The van der Waals surface area contributed by atoms with Crippen molar-refractivity contribution < 1.29 is 26.4 Å². The van der Waals surface area contributed by atoms with Crippen molar-refractivity contribution in [2.75, 3.05) is 11.3 Å². The summed E-state index contributed by atoms with van der Waals surface area (Å²) in [7, 11) is -5.58. The summed E-state index contributed by atoms with van der Waals surface area (Å²) >= 11 is 5.97. The molecule has 0 radical (unpaired) electrons. The molecule has 0 unspecified atom stereocenters. The zero-order chi connectivity index (χ0) is 21.5. The third kappa shape index (κ3) is 6.64. The standard InChI is InChI=1S/C19H20ClF3N2O3S/c1-2-6-17(24-28-12-11-14-7-4-3-5-8-14)16-13-15(20)9-10-18(16)25-29(26,27)19(21,22)23/h3-5,7-10,13,25H,2,6,11-12H2,1H3. The summed E-state index contributed by atoms with van der Waals surface area (Å²) in [6, 6.07) is 13.4. The molecule has 0 atom stereocenters. The summed E-state index contributed by atoms with van der Waals surface area (Å²) in [5.74, 6) is 0. The van der Waals surface area contributed by atoms with Crippen LogP contribution in [0, 0.1) is 0 Å². The van der Waals surface area contributed by atoms with E-state index in [9.17, 15) is 21.6 Å². The van der Waals surface area contributed by atoms with E-state index < -0.39 is 15.5 Å². The Bertz CT molecular complexity index is 949. The number of rotatable bonds is 9. The van der Waals surface area contributed by atoms with Crippen LogP contribution in [0.15, 0.2) is 53.7 Å². The van der Waals surface area contributed by atoms with Gasteiger partial charge >= 0.3 is 15.5 Å². The Morgan fingerprint density at radius 1 is 1.17 bits per heavy atom. The number of anilines is 1. The van der Waals surface area contributed by atoms with Crippen molar-refractivity contribution in [3.63, 3.8) is 0 Å². The molecule has 0 aliphatic rings. The molecule has 1 N–H and O–H groups in total. The van der Waals surface area contributed by atoms with Gasteiger partial charge in [-0.05, 0) is 30.2 Å². The van der Waals surface area contributed by atoms with E-state index in [4.69, 9.17) is 16.4 Å². The van der Waals surface area contributed by atoms with Crippen LogP contribution < -0.4 is 4.72 Å². The van der Waals surface area contributed by atoms with Crippen LogP contribution in [-0.4, -0.2) is 26.2 Å². The molecule has 0 fully saturated rings. The molecule has 0 aromatic heterocycles. The first-order valence-corrected chi connectivity index (χ1v) is 10.6. The predicted molar refractivity (Wildman–Crippen MR) is 108 cm³/mol. The Morgan fingerprint density at radius 2 is 1.86 bits per heavy atom. The molecule has 0 bridgehead atoms. The number of halogens is 4. The van der Waals surface area contributed by atoms with Gasteiger partial charge in [0.05, 0.1) is 11.4 Å². The molecule has 0 heterocycles. The van der Waals surface area contributed by atoms with Gasteiger partial charge in [-0.1, -0.05) is 60.4 Å². The number of nitrogens with zero attached hydrogens (tertiary/aromatic N) is 1. The van der Waals surface area contributed by atoms with Gasteiger partial charge in [-0.15, -0.1) is 0 Å². The first-order valence-electron chi connectivity index (χ1n) is 8.76. The van der Waals surface area contributed by atoms with Crippen LogP contribution in [-0.2, 0) is 21.3 Å². The molecule has 0 amide bonds. The Labute approximate surface area is 172 Å².